The van der Waals surface area contributed by atoms with Gasteiger partial charge in [0.15, 0.2) is 5.82 Å². The van der Waals surface area contributed by atoms with Crippen LogP contribution in [-0.2, 0) is 35.8 Å². The number of alkyl carbamates (subject to hydrolysis) is 1. The van der Waals surface area contributed by atoms with E-state index < -0.39 is 81.3 Å². The van der Waals surface area contributed by atoms with Crippen molar-refractivity contribution >= 4 is 59.0 Å². The number of carbonyl (C=O) groups is 6. The first-order valence-corrected chi connectivity index (χ1v) is 20.1. The van der Waals surface area contributed by atoms with E-state index in [-0.39, 0.29) is 13.0 Å². The van der Waals surface area contributed by atoms with E-state index in [1.54, 1.807) is 75.6 Å². The van der Waals surface area contributed by atoms with Crippen molar-refractivity contribution in [3.63, 3.8) is 0 Å². The molecule has 54 heavy (non-hydrogen) atoms. The van der Waals surface area contributed by atoms with E-state index in [9.17, 15) is 28.8 Å². The number of aryl methyl sites for hydroxylation is 1. The highest BCUT2D eigenvalue weighted by Crippen LogP contribution is 2.50. The number of likely N-dealkylation sites (tertiary alicyclic amines) is 1. The van der Waals surface area contributed by atoms with Crippen LogP contribution in [0.1, 0.15) is 91.6 Å². The van der Waals surface area contributed by atoms with E-state index in [4.69, 9.17) is 4.74 Å². The van der Waals surface area contributed by atoms with E-state index in [0.29, 0.717) is 24.2 Å². The molecule has 3 heterocycles. The van der Waals surface area contributed by atoms with Gasteiger partial charge in [-0.25, -0.2) is 9.48 Å². The molecule has 18 heteroatoms. The maximum atomic E-state index is 14.4. The third-order valence-corrected chi connectivity index (χ3v) is 12.2. The van der Waals surface area contributed by atoms with Gasteiger partial charge in [0, 0.05) is 20.0 Å². The van der Waals surface area contributed by atoms with Crippen molar-refractivity contribution in [2.75, 3.05) is 24.6 Å². The number of ether oxygens (including phenoxy) is 1. The Morgan fingerprint density at radius 3 is 2.22 bits per heavy atom. The number of benzene rings is 1. The van der Waals surface area contributed by atoms with Crippen LogP contribution in [0.25, 0.3) is 0 Å². The Balaban J connectivity index is 1.47. The van der Waals surface area contributed by atoms with Crippen LogP contribution < -0.4 is 21.3 Å². The van der Waals surface area contributed by atoms with Gasteiger partial charge in [-0.05, 0) is 66.5 Å². The fraction of sp³-hybridized carbons (Fsp3) is 0.639. The Hall–Kier alpha value is -4.19. The van der Waals surface area contributed by atoms with Crippen LogP contribution in [0.2, 0.25) is 0 Å². The number of rotatable bonds is 13. The van der Waals surface area contributed by atoms with Crippen LogP contribution >= 0.6 is 23.5 Å². The number of hydrogen-bond acceptors (Lipinski definition) is 12. The Bertz CT molecular complexity index is 1670. The molecule has 1 spiro atoms. The van der Waals surface area contributed by atoms with Crippen molar-refractivity contribution in [3.8, 4) is 0 Å². The van der Waals surface area contributed by atoms with Gasteiger partial charge < -0.3 is 30.9 Å². The molecule has 4 N–H and O–H groups in total. The average molecular weight is 788 g/mol. The summed E-state index contributed by atoms with van der Waals surface area (Å²) in [4.78, 5) is 82.6. The largest absolute Gasteiger partial charge is 0.444 e. The second-order valence-corrected chi connectivity index (χ2v) is 18.8. The molecule has 2 aliphatic heterocycles. The first kappa shape index (κ1) is 42.6. The highest BCUT2D eigenvalue weighted by molar-refractivity contribution is 8.18. The van der Waals surface area contributed by atoms with Crippen molar-refractivity contribution in [2.24, 2.45) is 12.5 Å². The van der Waals surface area contributed by atoms with Gasteiger partial charge in [0.1, 0.15) is 23.7 Å². The number of amides is 5. The molecular weight excluding hydrogens is 735 g/mol. The van der Waals surface area contributed by atoms with Crippen LogP contribution in [0.15, 0.2) is 30.3 Å². The molecule has 0 saturated carbocycles. The van der Waals surface area contributed by atoms with Gasteiger partial charge in [-0.15, -0.1) is 28.6 Å². The Labute approximate surface area is 324 Å². The zero-order chi connectivity index (χ0) is 39.8. The molecule has 2 fully saturated rings. The van der Waals surface area contributed by atoms with Crippen molar-refractivity contribution < 1.29 is 33.5 Å². The number of aromatic nitrogens is 4. The molecule has 16 nitrogen and oxygen atoms in total. The molecule has 0 radical (unpaired) electrons. The molecule has 5 amide bonds. The minimum absolute atomic E-state index is 0.152. The standard InChI is InChI=1S/C36H53N9O7S2/c1-9-14-23(27(47)31(49)37-20-25(46)39-26(22-15-11-10-12-16-22)29-41-42-43-44(29)8)38-30(48)24-19-36(53-17-13-18-54-36)21-45(24)32(50)28(34(2,3)4)40-33(51)52-35(5,6)7/h10-12,15-16,23-24,26,28H,9,13-14,17-21H2,1-8H3,(H,37,49)(H,38,48)(H,39,46)(H,40,51)/t23?,24-,26?,28+/m0/s1. The Morgan fingerprint density at radius 1 is 0.981 bits per heavy atom. The summed E-state index contributed by atoms with van der Waals surface area (Å²) < 4.78 is 6.44. The quantitative estimate of drug-likeness (QED) is 0.216. The van der Waals surface area contributed by atoms with E-state index >= 15 is 0 Å². The van der Waals surface area contributed by atoms with Gasteiger partial charge in [0.25, 0.3) is 5.91 Å². The van der Waals surface area contributed by atoms with Gasteiger partial charge in [0.05, 0.1) is 16.7 Å². The molecule has 2 saturated heterocycles. The Morgan fingerprint density at radius 2 is 1.65 bits per heavy atom. The lowest BCUT2D eigenvalue weighted by atomic mass is 9.85. The number of tetrazole rings is 1. The zero-order valence-corrected chi connectivity index (χ0v) is 33.9. The molecule has 2 unspecified atom stereocenters. The van der Waals surface area contributed by atoms with E-state index in [1.807, 2.05) is 33.8 Å². The molecule has 1 aromatic carbocycles. The minimum atomic E-state index is -1.20. The fourth-order valence-electron chi connectivity index (χ4n) is 6.24. The predicted octanol–water partition coefficient (Wildman–Crippen LogP) is 2.49. The van der Waals surface area contributed by atoms with Gasteiger partial charge in [0.2, 0.25) is 23.5 Å². The molecule has 296 valence electrons. The third-order valence-electron chi connectivity index (χ3n) is 8.86. The molecule has 0 bridgehead atoms. The maximum absolute atomic E-state index is 14.4. The van der Waals surface area contributed by atoms with Gasteiger partial charge in [-0.1, -0.05) is 64.4 Å². The molecule has 2 aliphatic rings. The smallest absolute Gasteiger partial charge is 0.408 e. The summed E-state index contributed by atoms with van der Waals surface area (Å²) in [5.41, 5.74) is -0.825. The summed E-state index contributed by atoms with van der Waals surface area (Å²) in [6.45, 7) is 12.2. The average Bonchev–Trinajstić information content (AvgIpc) is 3.70. The summed E-state index contributed by atoms with van der Waals surface area (Å²) in [7, 11) is 1.64. The number of nitrogens with zero attached hydrogens (tertiary/aromatic N) is 5. The molecule has 4 atom stereocenters. The van der Waals surface area contributed by atoms with Crippen molar-refractivity contribution in [3.05, 3.63) is 41.7 Å². The summed E-state index contributed by atoms with van der Waals surface area (Å²) in [5, 5.41) is 22.2. The third kappa shape index (κ3) is 11.2. The number of ketones is 1. The van der Waals surface area contributed by atoms with Gasteiger partial charge in [-0.2, -0.15) is 0 Å². The van der Waals surface area contributed by atoms with Crippen LogP contribution in [0.3, 0.4) is 0 Å². The number of nitrogens with one attached hydrogen (secondary N) is 4. The summed E-state index contributed by atoms with van der Waals surface area (Å²) >= 11 is 3.41. The van der Waals surface area contributed by atoms with Crippen LogP contribution in [0.4, 0.5) is 4.79 Å². The highest BCUT2D eigenvalue weighted by atomic mass is 32.2. The normalized spacial score (nSPS) is 18.6. The van der Waals surface area contributed by atoms with Crippen LogP contribution in [0, 0.1) is 5.41 Å². The lowest BCUT2D eigenvalue weighted by Gasteiger charge is -2.36. The Kier molecular flexibility index (Phi) is 14.2. The fourth-order valence-corrected chi connectivity index (χ4v) is 9.59. The van der Waals surface area contributed by atoms with Crippen molar-refractivity contribution in [1.82, 2.24) is 46.4 Å². The molecule has 1 aromatic heterocycles. The predicted molar refractivity (Wildman–Crippen MR) is 205 cm³/mol. The summed E-state index contributed by atoms with van der Waals surface area (Å²) in [6, 6.07) is 5.12. The van der Waals surface area contributed by atoms with Gasteiger partial charge >= 0.3 is 6.09 Å². The molecule has 2 aromatic rings. The van der Waals surface area contributed by atoms with Crippen LogP contribution in [-0.4, -0.2) is 113 Å². The van der Waals surface area contributed by atoms with E-state index in [0.717, 1.165) is 17.9 Å². The summed E-state index contributed by atoms with van der Waals surface area (Å²) in [6.07, 6.45) is 1.19. The zero-order valence-electron chi connectivity index (χ0n) is 32.3. The molecule has 0 aliphatic carbocycles. The number of thioether (sulfide) groups is 2. The second-order valence-electron chi connectivity index (χ2n) is 15.6. The number of Topliss-reactive ketones (excluding diaryl/α,β-unsaturated/α-hetero) is 1. The summed E-state index contributed by atoms with van der Waals surface area (Å²) in [5.74, 6) is -1.45. The highest BCUT2D eigenvalue weighted by Gasteiger charge is 2.53. The lowest BCUT2D eigenvalue weighted by Crippen LogP contribution is -2.59. The molecule has 4 rings (SSSR count). The minimum Gasteiger partial charge on any atom is -0.444 e. The van der Waals surface area contributed by atoms with Crippen molar-refractivity contribution in [1.29, 1.82) is 0 Å². The maximum Gasteiger partial charge on any atom is 0.408 e. The topological polar surface area (TPSA) is 207 Å². The first-order valence-electron chi connectivity index (χ1n) is 18.1. The van der Waals surface area contributed by atoms with E-state index in [2.05, 4.69) is 36.8 Å². The number of hydrogen-bond donors (Lipinski definition) is 4. The lowest BCUT2D eigenvalue weighted by molar-refractivity contribution is -0.144. The van der Waals surface area contributed by atoms with Gasteiger partial charge in [-0.3, -0.25) is 24.0 Å². The molecular formula is C36H53N9O7S2. The number of carbonyl (C=O) groups excluding carboxylic acids is 6. The second kappa shape index (κ2) is 18.0. The van der Waals surface area contributed by atoms with Crippen molar-refractivity contribution in [2.45, 2.75) is 108 Å². The monoisotopic (exact) mass is 787 g/mol. The first-order chi connectivity index (χ1) is 25.3. The van der Waals surface area contributed by atoms with Crippen LogP contribution in [0.5, 0.6) is 0 Å². The van der Waals surface area contributed by atoms with E-state index in [1.165, 1.54) is 9.58 Å². The SMILES string of the molecule is CCCC(NC(=O)[C@@H]1CC2(CN1C(=O)[C@@H](NC(=O)OC(C)(C)C)C(C)(C)C)SCCCS2)C(=O)C(=O)NCC(=O)NC(c1ccccc1)c1nnnn1C.